The van der Waals surface area contributed by atoms with Crippen LogP contribution >= 0.6 is 0 Å². The van der Waals surface area contributed by atoms with Gasteiger partial charge < -0.3 is 15.1 Å². The largest absolute Gasteiger partial charge is 0.380 e. The number of carbonyl (C=O) groups excluding carboxylic acids is 1. The summed E-state index contributed by atoms with van der Waals surface area (Å²) in [5, 5.41) is 3.39. The maximum absolute atomic E-state index is 11.8. The zero-order chi connectivity index (χ0) is 15.6. The predicted octanol–water partition coefficient (Wildman–Crippen LogP) is 2.05. The van der Waals surface area contributed by atoms with Crippen LogP contribution in [0.4, 0.5) is 11.6 Å². The molecule has 1 saturated heterocycles. The number of rotatable bonds is 4. The van der Waals surface area contributed by atoms with Crippen molar-refractivity contribution in [1.29, 1.82) is 0 Å². The molecule has 1 fully saturated rings. The van der Waals surface area contributed by atoms with Gasteiger partial charge in [0.1, 0.15) is 0 Å². The Bertz CT molecular complexity index is 515. The topological polar surface area (TPSA) is 61.4 Å². The van der Waals surface area contributed by atoms with E-state index in [2.05, 4.69) is 24.1 Å². The molecule has 2 rings (SSSR count). The second kappa shape index (κ2) is 6.28. The minimum atomic E-state index is 0.0467. The number of nitrogens with zero attached hydrogens (tertiary/aromatic N) is 4. The first-order valence-corrected chi connectivity index (χ1v) is 7.48. The lowest BCUT2D eigenvalue weighted by molar-refractivity contribution is -0.129. The Kier molecular flexibility index (Phi) is 4.65. The van der Waals surface area contributed by atoms with Crippen molar-refractivity contribution in [1.82, 2.24) is 14.9 Å². The van der Waals surface area contributed by atoms with Crippen molar-refractivity contribution in [2.24, 2.45) is 0 Å². The van der Waals surface area contributed by atoms with Crippen molar-refractivity contribution < 1.29 is 4.79 Å². The molecule has 1 amide bonds. The SMILES string of the molecule is CC(=O)N1CCC[C@@H]1c1nc(N(C)C)ncc1NC(C)C. The van der Waals surface area contributed by atoms with E-state index in [0.717, 1.165) is 30.8 Å². The van der Waals surface area contributed by atoms with Crippen LogP contribution in [0.3, 0.4) is 0 Å². The quantitative estimate of drug-likeness (QED) is 0.920. The second-order valence-corrected chi connectivity index (χ2v) is 6.03. The van der Waals surface area contributed by atoms with Gasteiger partial charge in [0.15, 0.2) is 0 Å². The number of aromatic nitrogens is 2. The van der Waals surface area contributed by atoms with Crippen LogP contribution in [0.15, 0.2) is 6.20 Å². The summed E-state index contributed by atoms with van der Waals surface area (Å²) in [5.74, 6) is 0.785. The standard InChI is InChI=1S/C15H25N5O/c1-10(2)17-12-9-16-15(19(4)5)18-14(12)13-7-6-8-20(13)11(3)21/h9-10,13,17H,6-8H2,1-5H3/t13-/m1/s1. The Morgan fingerprint density at radius 2 is 2.19 bits per heavy atom. The molecule has 1 aromatic rings. The summed E-state index contributed by atoms with van der Waals surface area (Å²) < 4.78 is 0. The molecule has 1 aromatic heterocycles. The van der Waals surface area contributed by atoms with E-state index in [9.17, 15) is 4.79 Å². The third-order valence-electron chi connectivity index (χ3n) is 3.62. The molecule has 21 heavy (non-hydrogen) atoms. The molecule has 0 radical (unpaired) electrons. The third kappa shape index (κ3) is 3.43. The molecule has 1 aliphatic rings. The highest BCUT2D eigenvalue weighted by Crippen LogP contribution is 2.35. The van der Waals surface area contributed by atoms with Gasteiger partial charge in [-0.25, -0.2) is 9.97 Å². The molecule has 0 unspecified atom stereocenters. The minimum Gasteiger partial charge on any atom is -0.380 e. The molecule has 0 saturated carbocycles. The molecule has 0 bridgehead atoms. The maximum atomic E-state index is 11.8. The molecule has 1 aliphatic heterocycles. The van der Waals surface area contributed by atoms with E-state index in [4.69, 9.17) is 4.98 Å². The summed E-state index contributed by atoms with van der Waals surface area (Å²) in [4.78, 5) is 24.7. The summed E-state index contributed by atoms with van der Waals surface area (Å²) in [6.45, 7) is 6.60. The smallest absolute Gasteiger partial charge is 0.225 e. The number of nitrogens with one attached hydrogen (secondary N) is 1. The van der Waals surface area contributed by atoms with Crippen molar-refractivity contribution in [3.63, 3.8) is 0 Å². The van der Waals surface area contributed by atoms with Crippen molar-refractivity contribution >= 4 is 17.5 Å². The van der Waals surface area contributed by atoms with E-state index < -0.39 is 0 Å². The Morgan fingerprint density at radius 3 is 2.76 bits per heavy atom. The molecular weight excluding hydrogens is 266 g/mol. The Morgan fingerprint density at radius 1 is 1.48 bits per heavy atom. The lowest BCUT2D eigenvalue weighted by Crippen LogP contribution is -2.30. The first-order chi connectivity index (χ1) is 9.90. The molecule has 6 heteroatoms. The maximum Gasteiger partial charge on any atom is 0.225 e. The molecule has 0 aliphatic carbocycles. The van der Waals surface area contributed by atoms with Gasteiger partial charge in [0.2, 0.25) is 11.9 Å². The zero-order valence-electron chi connectivity index (χ0n) is 13.6. The Balaban J connectivity index is 2.42. The normalized spacial score (nSPS) is 18.2. The summed E-state index contributed by atoms with van der Waals surface area (Å²) in [6.07, 6.45) is 3.80. The van der Waals surface area contributed by atoms with E-state index in [1.807, 2.05) is 30.1 Å². The van der Waals surface area contributed by atoms with E-state index in [1.165, 1.54) is 0 Å². The fraction of sp³-hybridized carbons (Fsp3) is 0.667. The minimum absolute atomic E-state index is 0.0467. The number of anilines is 2. The zero-order valence-corrected chi connectivity index (χ0v) is 13.6. The van der Waals surface area contributed by atoms with Gasteiger partial charge in [-0.3, -0.25) is 4.79 Å². The molecule has 0 aromatic carbocycles. The van der Waals surface area contributed by atoms with Crippen LogP contribution in [0.1, 0.15) is 45.3 Å². The fourth-order valence-corrected chi connectivity index (χ4v) is 2.70. The van der Waals surface area contributed by atoms with Crippen LogP contribution in [0, 0.1) is 0 Å². The van der Waals surface area contributed by atoms with Crippen LogP contribution < -0.4 is 10.2 Å². The third-order valence-corrected chi connectivity index (χ3v) is 3.62. The molecule has 6 nitrogen and oxygen atoms in total. The molecule has 0 spiro atoms. The molecular formula is C15H25N5O. The molecule has 116 valence electrons. The lowest BCUT2D eigenvalue weighted by Gasteiger charge is -2.26. The monoisotopic (exact) mass is 291 g/mol. The predicted molar refractivity (Wildman–Crippen MR) is 84.5 cm³/mol. The van der Waals surface area contributed by atoms with Crippen LogP contribution in [-0.4, -0.2) is 47.5 Å². The van der Waals surface area contributed by atoms with Crippen molar-refractivity contribution in [3.8, 4) is 0 Å². The Labute approximate surface area is 126 Å². The summed E-state index contributed by atoms with van der Waals surface area (Å²) in [7, 11) is 3.85. The molecule has 2 heterocycles. The van der Waals surface area contributed by atoms with Crippen LogP contribution in [0.2, 0.25) is 0 Å². The van der Waals surface area contributed by atoms with Crippen molar-refractivity contribution in [2.75, 3.05) is 30.9 Å². The van der Waals surface area contributed by atoms with E-state index in [1.54, 1.807) is 6.92 Å². The second-order valence-electron chi connectivity index (χ2n) is 6.03. The van der Waals surface area contributed by atoms with E-state index >= 15 is 0 Å². The van der Waals surface area contributed by atoms with Crippen LogP contribution in [0.25, 0.3) is 0 Å². The van der Waals surface area contributed by atoms with Gasteiger partial charge in [-0.05, 0) is 26.7 Å². The number of likely N-dealkylation sites (tertiary alicyclic amines) is 1. The Hall–Kier alpha value is -1.85. The van der Waals surface area contributed by atoms with E-state index in [0.29, 0.717) is 12.0 Å². The number of amides is 1. The van der Waals surface area contributed by atoms with Crippen LogP contribution in [-0.2, 0) is 4.79 Å². The first-order valence-electron chi connectivity index (χ1n) is 7.48. The summed E-state index contributed by atoms with van der Waals surface area (Å²) in [6, 6.07) is 0.343. The summed E-state index contributed by atoms with van der Waals surface area (Å²) in [5.41, 5.74) is 1.85. The highest BCUT2D eigenvalue weighted by Gasteiger charge is 2.31. The highest BCUT2D eigenvalue weighted by molar-refractivity contribution is 5.74. The fourth-order valence-electron chi connectivity index (χ4n) is 2.70. The first kappa shape index (κ1) is 15.5. The highest BCUT2D eigenvalue weighted by atomic mass is 16.2. The van der Waals surface area contributed by atoms with E-state index in [-0.39, 0.29) is 11.9 Å². The van der Waals surface area contributed by atoms with Gasteiger partial charge in [-0.1, -0.05) is 0 Å². The molecule has 1 N–H and O–H groups in total. The van der Waals surface area contributed by atoms with Gasteiger partial charge in [0.05, 0.1) is 23.6 Å². The lowest BCUT2D eigenvalue weighted by atomic mass is 10.1. The number of carbonyl (C=O) groups is 1. The van der Waals surface area contributed by atoms with Gasteiger partial charge in [-0.2, -0.15) is 0 Å². The van der Waals surface area contributed by atoms with Gasteiger partial charge >= 0.3 is 0 Å². The van der Waals surface area contributed by atoms with Crippen LogP contribution in [0.5, 0.6) is 0 Å². The van der Waals surface area contributed by atoms with Gasteiger partial charge in [0, 0.05) is 33.6 Å². The average Bonchev–Trinajstić information content (AvgIpc) is 2.87. The number of hydrogen-bond donors (Lipinski definition) is 1. The number of hydrogen-bond acceptors (Lipinski definition) is 5. The molecule has 1 atom stereocenters. The van der Waals surface area contributed by atoms with Gasteiger partial charge in [0.25, 0.3) is 0 Å². The van der Waals surface area contributed by atoms with Gasteiger partial charge in [-0.15, -0.1) is 0 Å². The van der Waals surface area contributed by atoms with Crippen molar-refractivity contribution in [2.45, 2.75) is 45.7 Å². The summed E-state index contributed by atoms with van der Waals surface area (Å²) >= 11 is 0. The van der Waals surface area contributed by atoms with Crippen molar-refractivity contribution in [3.05, 3.63) is 11.9 Å². The average molecular weight is 291 g/mol.